The van der Waals surface area contributed by atoms with Crippen LogP contribution in [0.25, 0.3) is 0 Å². The number of hydrogen-bond acceptors (Lipinski definition) is 3. The van der Waals surface area contributed by atoms with E-state index in [0.29, 0.717) is 38.4 Å². The van der Waals surface area contributed by atoms with Crippen molar-refractivity contribution < 1.29 is 18.3 Å². The number of aliphatic carboxylic acids is 1. The first kappa shape index (κ1) is 13.8. The van der Waals surface area contributed by atoms with E-state index in [1.165, 1.54) is 4.31 Å². The van der Waals surface area contributed by atoms with E-state index in [1.54, 1.807) is 6.92 Å². The lowest BCUT2D eigenvalue weighted by Gasteiger charge is -2.28. The number of hydrogen-bond donors (Lipinski definition) is 1. The van der Waals surface area contributed by atoms with Crippen LogP contribution >= 0.6 is 0 Å². The van der Waals surface area contributed by atoms with E-state index < -0.39 is 22.2 Å². The molecule has 0 aromatic heterocycles. The minimum Gasteiger partial charge on any atom is -0.480 e. The molecular formula is C11H20N2O4S. The molecule has 7 heteroatoms. The third-order valence-corrected chi connectivity index (χ3v) is 5.71. The van der Waals surface area contributed by atoms with Gasteiger partial charge in [-0.25, -0.2) is 0 Å². The predicted molar refractivity (Wildman–Crippen MR) is 66.3 cm³/mol. The second-order valence-corrected chi connectivity index (χ2v) is 6.89. The average molecular weight is 276 g/mol. The summed E-state index contributed by atoms with van der Waals surface area (Å²) in [4.78, 5) is 11.1. The molecule has 6 nitrogen and oxygen atoms in total. The van der Waals surface area contributed by atoms with Crippen molar-refractivity contribution >= 4 is 16.2 Å². The topological polar surface area (TPSA) is 77.9 Å². The molecule has 1 aliphatic heterocycles. The van der Waals surface area contributed by atoms with Crippen molar-refractivity contribution in [3.05, 3.63) is 0 Å². The molecule has 2 rings (SSSR count). The predicted octanol–water partition coefficient (Wildman–Crippen LogP) is 0.512. The first-order valence-corrected chi connectivity index (χ1v) is 7.86. The van der Waals surface area contributed by atoms with Gasteiger partial charge in [0.1, 0.15) is 6.04 Å². The van der Waals surface area contributed by atoms with Gasteiger partial charge < -0.3 is 5.11 Å². The standard InChI is InChI=1S/C11H20N2O4S/c1-2-12(8-9-5-6-9)18(16,17)13-7-3-4-10(13)11(14)15/h9-10H,2-8H2,1H3,(H,14,15)/t10-/m0/s1. The largest absolute Gasteiger partial charge is 0.480 e. The number of nitrogens with zero attached hydrogens (tertiary/aromatic N) is 2. The molecule has 1 N–H and O–H groups in total. The van der Waals surface area contributed by atoms with E-state index in [2.05, 4.69) is 0 Å². The summed E-state index contributed by atoms with van der Waals surface area (Å²) >= 11 is 0. The molecule has 1 heterocycles. The zero-order valence-electron chi connectivity index (χ0n) is 10.6. The van der Waals surface area contributed by atoms with E-state index in [1.807, 2.05) is 0 Å². The van der Waals surface area contributed by atoms with Gasteiger partial charge in [0.25, 0.3) is 10.2 Å². The van der Waals surface area contributed by atoms with E-state index in [4.69, 9.17) is 5.11 Å². The summed E-state index contributed by atoms with van der Waals surface area (Å²) in [5, 5.41) is 9.07. The highest BCUT2D eigenvalue weighted by atomic mass is 32.2. The molecule has 0 aromatic rings. The minimum absolute atomic E-state index is 0.320. The summed E-state index contributed by atoms with van der Waals surface area (Å²) in [5.41, 5.74) is 0. The van der Waals surface area contributed by atoms with Crippen LogP contribution in [0, 0.1) is 5.92 Å². The van der Waals surface area contributed by atoms with Crippen molar-refractivity contribution in [2.75, 3.05) is 19.6 Å². The molecule has 0 radical (unpaired) electrons. The van der Waals surface area contributed by atoms with Gasteiger partial charge in [0, 0.05) is 19.6 Å². The normalized spacial score (nSPS) is 25.8. The zero-order valence-corrected chi connectivity index (χ0v) is 11.4. The summed E-state index contributed by atoms with van der Waals surface area (Å²) in [6, 6.07) is -0.886. The molecule has 1 atom stereocenters. The van der Waals surface area contributed by atoms with Gasteiger partial charge in [-0.3, -0.25) is 4.79 Å². The molecule has 18 heavy (non-hydrogen) atoms. The van der Waals surface area contributed by atoms with Crippen molar-refractivity contribution in [3.63, 3.8) is 0 Å². The SMILES string of the molecule is CCN(CC1CC1)S(=O)(=O)N1CCC[C@H]1C(=O)O. The summed E-state index contributed by atoms with van der Waals surface area (Å²) in [5.74, 6) is -0.579. The Morgan fingerprint density at radius 1 is 1.39 bits per heavy atom. The molecule has 0 amide bonds. The second kappa shape index (κ2) is 5.14. The Hall–Kier alpha value is -0.660. The maximum Gasteiger partial charge on any atom is 0.322 e. The lowest BCUT2D eigenvalue weighted by atomic mass is 10.2. The second-order valence-electron chi connectivity index (χ2n) is 5.01. The van der Waals surface area contributed by atoms with Crippen molar-refractivity contribution in [2.45, 2.75) is 38.6 Å². The van der Waals surface area contributed by atoms with Crippen molar-refractivity contribution in [2.24, 2.45) is 5.92 Å². The van der Waals surface area contributed by atoms with Gasteiger partial charge in [-0.15, -0.1) is 0 Å². The van der Waals surface area contributed by atoms with Gasteiger partial charge in [0.2, 0.25) is 0 Å². The highest BCUT2D eigenvalue weighted by Crippen LogP contribution is 2.32. The molecule has 0 spiro atoms. The Kier molecular flexibility index (Phi) is 3.93. The highest BCUT2D eigenvalue weighted by molar-refractivity contribution is 7.86. The maximum atomic E-state index is 12.4. The van der Waals surface area contributed by atoms with Gasteiger partial charge in [0.15, 0.2) is 0 Å². The third kappa shape index (κ3) is 2.67. The molecule has 0 unspecified atom stereocenters. The van der Waals surface area contributed by atoms with Crippen molar-refractivity contribution in [1.82, 2.24) is 8.61 Å². The van der Waals surface area contributed by atoms with Gasteiger partial charge in [-0.2, -0.15) is 17.0 Å². The number of carbonyl (C=O) groups is 1. The number of carboxylic acid groups (broad SMARTS) is 1. The lowest BCUT2D eigenvalue weighted by Crippen LogP contribution is -2.48. The van der Waals surface area contributed by atoms with Gasteiger partial charge in [-0.05, 0) is 31.6 Å². The lowest BCUT2D eigenvalue weighted by molar-refractivity contribution is -0.140. The van der Waals surface area contributed by atoms with Gasteiger partial charge >= 0.3 is 5.97 Å². The Morgan fingerprint density at radius 2 is 2.06 bits per heavy atom. The number of rotatable bonds is 6. The average Bonchev–Trinajstić information content (AvgIpc) is 2.97. The first-order chi connectivity index (χ1) is 8.46. The van der Waals surface area contributed by atoms with Crippen molar-refractivity contribution in [1.29, 1.82) is 0 Å². The fourth-order valence-electron chi connectivity index (χ4n) is 2.39. The molecule has 2 fully saturated rings. The molecule has 0 aromatic carbocycles. The summed E-state index contributed by atoms with van der Waals surface area (Å²) in [6.45, 7) is 3.05. The van der Waals surface area contributed by atoms with E-state index in [9.17, 15) is 13.2 Å². The van der Waals surface area contributed by atoms with Crippen LogP contribution in [0.1, 0.15) is 32.6 Å². The molecule has 0 bridgehead atoms. The third-order valence-electron chi connectivity index (χ3n) is 3.62. The zero-order chi connectivity index (χ0) is 13.3. The fraction of sp³-hybridized carbons (Fsp3) is 0.909. The Morgan fingerprint density at radius 3 is 2.56 bits per heavy atom. The number of carboxylic acids is 1. The van der Waals surface area contributed by atoms with Crippen LogP contribution in [-0.4, -0.2) is 53.8 Å². The molecular weight excluding hydrogens is 256 g/mol. The van der Waals surface area contributed by atoms with Crippen LogP contribution < -0.4 is 0 Å². The summed E-state index contributed by atoms with van der Waals surface area (Å²) < 4.78 is 27.4. The van der Waals surface area contributed by atoms with Crippen LogP contribution in [-0.2, 0) is 15.0 Å². The Labute approximate surface area is 108 Å². The first-order valence-electron chi connectivity index (χ1n) is 6.46. The molecule has 2 aliphatic rings. The van der Waals surface area contributed by atoms with Gasteiger partial charge in [0.05, 0.1) is 0 Å². The van der Waals surface area contributed by atoms with Gasteiger partial charge in [-0.1, -0.05) is 6.92 Å². The van der Waals surface area contributed by atoms with Crippen LogP contribution in [0.5, 0.6) is 0 Å². The van der Waals surface area contributed by atoms with E-state index in [-0.39, 0.29) is 0 Å². The summed E-state index contributed by atoms with van der Waals surface area (Å²) in [7, 11) is -3.61. The maximum absolute atomic E-state index is 12.4. The van der Waals surface area contributed by atoms with Crippen LogP contribution in [0.2, 0.25) is 0 Å². The molecule has 104 valence electrons. The van der Waals surface area contributed by atoms with Crippen LogP contribution in [0.15, 0.2) is 0 Å². The highest BCUT2D eigenvalue weighted by Gasteiger charge is 2.42. The van der Waals surface area contributed by atoms with Crippen molar-refractivity contribution in [3.8, 4) is 0 Å². The van der Waals surface area contributed by atoms with E-state index >= 15 is 0 Å². The van der Waals surface area contributed by atoms with E-state index in [0.717, 1.165) is 17.1 Å². The van der Waals surface area contributed by atoms with Crippen LogP contribution in [0.3, 0.4) is 0 Å². The monoisotopic (exact) mass is 276 g/mol. The minimum atomic E-state index is -3.61. The molecule has 1 saturated carbocycles. The molecule has 1 aliphatic carbocycles. The van der Waals surface area contributed by atoms with Crippen LogP contribution in [0.4, 0.5) is 0 Å². The summed E-state index contributed by atoms with van der Waals surface area (Å²) in [6.07, 6.45) is 3.19. The Bertz CT molecular complexity index is 419. The quantitative estimate of drug-likeness (QED) is 0.767. The smallest absolute Gasteiger partial charge is 0.322 e. The molecule has 1 saturated heterocycles. The fourth-order valence-corrected chi connectivity index (χ4v) is 4.29. The Balaban J connectivity index is 2.14.